The highest BCUT2D eigenvalue weighted by Crippen LogP contribution is 2.25. The Kier molecular flexibility index (Phi) is 8.57. The molecule has 2 atom stereocenters. The Hall–Kier alpha value is -3.59. The van der Waals surface area contributed by atoms with Crippen molar-refractivity contribution in [2.45, 2.75) is 52.1 Å². The second-order valence-corrected chi connectivity index (χ2v) is 10.8. The minimum atomic E-state index is -1.06. The Morgan fingerprint density at radius 1 is 1.08 bits per heavy atom. The van der Waals surface area contributed by atoms with Gasteiger partial charge >= 0.3 is 5.97 Å². The molecular weight excluding hydrogens is 481 g/mol. The first-order chi connectivity index (χ1) is 16.9. The van der Waals surface area contributed by atoms with Gasteiger partial charge in [0.05, 0.1) is 5.92 Å². The van der Waals surface area contributed by atoms with Gasteiger partial charge in [0.2, 0.25) is 5.91 Å². The zero-order valence-electron chi connectivity index (χ0n) is 20.7. The van der Waals surface area contributed by atoms with Crippen LogP contribution in [-0.4, -0.2) is 39.5 Å². The number of carbonyl (C=O) groups is 3. The third-order valence-corrected chi connectivity index (χ3v) is 6.63. The summed E-state index contributed by atoms with van der Waals surface area (Å²) in [5.74, 6) is -3.22. The average molecular weight is 512 g/mol. The number of thiazole rings is 1. The highest BCUT2D eigenvalue weighted by molar-refractivity contribution is 7.14. The first-order valence-corrected chi connectivity index (χ1v) is 12.4. The van der Waals surface area contributed by atoms with Crippen molar-refractivity contribution < 1.29 is 23.9 Å². The molecule has 2 amide bonds. The number of hydrogen-bond donors (Lipinski definition) is 3. The van der Waals surface area contributed by atoms with Crippen LogP contribution in [0, 0.1) is 18.7 Å². The van der Waals surface area contributed by atoms with Crippen LogP contribution in [0.1, 0.15) is 48.0 Å². The lowest BCUT2D eigenvalue weighted by Crippen LogP contribution is -2.54. The minimum absolute atomic E-state index is 0.0734. The van der Waals surface area contributed by atoms with E-state index >= 15 is 0 Å². The zero-order chi connectivity index (χ0) is 26.5. The number of benzene rings is 2. The second-order valence-electron chi connectivity index (χ2n) is 9.53. The number of halogens is 1. The summed E-state index contributed by atoms with van der Waals surface area (Å²) in [6.07, 6.45) is 2.13. The Morgan fingerprint density at radius 2 is 1.72 bits per heavy atom. The molecule has 0 aliphatic carbocycles. The lowest BCUT2D eigenvalue weighted by Gasteiger charge is -2.30. The monoisotopic (exact) mass is 511 g/mol. The molecule has 36 heavy (non-hydrogen) atoms. The third kappa shape index (κ3) is 7.45. The predicted molar refractivity (Wildman–Crippen MR) is 137 cm³/mol. The summed E-state index contributed by atoms with van der Waals surface area (Å²) in [7, 11) is 0. The molecule has 0 saturated heterocycles. The van der Waals surface area contributed by atoms with Crippen LogP contribution in [0.2, 0.25) is 0 Å². The zero-order valence-corrected chi connectivity index (χ0v) is 21.5. The molecule has 0 aliphatic heterocycles. The summed E-state index contributed by atoms with van der Waals surface area (Å²) in [4.78, 5) is 43.0. The van der Waals surface area contributed by atoms with Crippen LogP contribution in [0.4, 0.5) is 4.39 Å². The fourth-order valence-electron chi connectivity index (χ4n) is 3.76. The van der Waals surface area contributed by atoms with E-state index < -0.39 is 35.3 Å². The van der Waals surface area contributed by atoms with Crippen LogP contribution in [0.3, 0.4) is 0 Å². The molecule has 0 bridgehead atoms. The molecule has 0 saturated carbocycles. The van der Waals surface area contributed by atoms with Gasteiger partial charge in [-0.25, -0.2) is 9.37 Å². The number of carbonyl (C=O) groups excluding carboxylic acids is 2. The predicted octanol–water partition coefficient (Wildman–Crippen LogP) is 4.60. The molecule has 0 spiro atoms. The maximum atomic E-state index is 13.2. The first kappa shape index (κ1) is 27.0. The highest BCUT2D eigenvalue weighted by Gasteiger charge is 2.30. The summed E-state index contributed by atoms with van der Waals surface area (Å²) >= 11 is 1.55. The molecular formula is C27H30FN3O4S. The number of aromatic nitrogens is 1. The van der Waals surface area contributed by atoms with E-state index in [0.717, 1.165) is 21.0 Å². The molecule has 2 unspecified atom stereocenters. The number of aryl methyl sites for hydroxylation is 1. The second kappa shape index (κ2) is 11.4. The van der Waals surface area contributed by atoms with Crippen LogP contribution in [0.15, 0.2) is 54.7 Å². The average Bonchev–Trinajstić information content (AvgIpc) is 3.25. The molecule has 3 aromatic rings. The molecule has 2 aromatic carbocycles. The number of nitrogens with one attached hydrogen (secondary N) is 2. The van der Waals surface area contributed by atoms with Crippen molar-refractivity contribution in [3.8, 4) is 10.6 Å². The molecule has 3 N–H and O–H groups in total. The molecule has 9 heteroatoms. The van der Waals surface area contributed by atoms with Crippen molar-refractivity contribution in [1.82, 2.24) is 15.6 Å². The minimum Gasteiger partial charge on any atom is -0.481 e. The maximum absolute atomic E-state index is 13.2. The van der Waals surface area contributed by atoms with Crippen LogP contribution < -0.4 is 10.6 Å². The Morgan fingerprint density at radius 3 is 2.28 bits per heavy atom. The van der Waals surface area contributed by atoms with Gasteiger partial charge in [0.1, 0.15) is 16.9 Å². The Bertz CT molecular complexity index is 1220. The van der Waals surface area contributed by atoms with Gasteiger partial charge in [-0.1, -0.05) is 31.2 Å². The van der Waals surface area contributed by atoms with Crippen LogP contribution in [0.25, 0.3) is 10.6 Å². The van der Waals surface area contributed by atoms with E-state index in [1.165, 1.54) is 19.1 Å². The van der Waals surface area contributed by atoms with E-state index in [0.29, 0.717) is 12.0 Å². The summed E-state index contributed by atoms with van der Waals surface area (Å²) in [6.45, 7) is 7.08. The molecule has 1 aromatic heterocycles. The van der Waals surface area contributed by atoms with Crippen molar-refractivity contribution in [3.63, 3.8) is 0 Å². The highest BCUT2D eigenvalue weighted by atomic mass is 32.1. The van der Waals surface area contributed by atoms with Gasteiger partial charge in [0.25, 0.3) is 5.91 Å². The fraction of sp³-hybridized carbons (Fsp3) is 0.333. The standard InChI is InChI=1S/C27H30FN3O4S/c1-16(26(34)35)13-22(24(33)31-27(3,4)14-18-5-11-21(28)12-6-18)30-23(32)19-7-9-20(10-8-19)25-29-15-17(2)36-25/h5-12,15-16,22H,13-14H2,1-4H3,(H,30,32)(H,31,33)(H,34,35). The number of nitrogens with zero attached hydrogens (tertiary/aromatic N) is 1. The van der Waals surface area contributed by atoms with Crippen LogP contribution >= 0.6 is 11.3 Å². The van der Waals surface area contributed by atoms with Crippen molar-refractivity contribution in [2.75, 3.05) is 0 Å². The lowest BCUT2D eigenvalue weighted by molar-refractivity contribution is -0.141. The molecule has 190 valence electrons. The van der Waals surface area contributed by atoms with Gasteiger partial charge in [-0.15, -0.1) is 11.3 Å². The Balaban J connectivity index is 1.72. The SMILES string of the molecule is Cc1cnc(-c2ccc(C(=O)NC(CC(C)C(=O)O)C(=O)NC(C)(C)Cc3ccc(F)cc3)cc2)s1. The molecule has 1 heterocycles. The van der Waals surface area contributed by atoms with E-state index in [2.05, 4.69) is 15.6 Å². The van der Waals surface area contributed by atoms with Crippen LogP contribution in [0.5, 0.6) is 0 Å². The number of amides is 2. The normalized spacial score (nSPS) is 13.0. The van der Waals surface area contributed by atoms with E-state index in [1.54, 1.807) is 53.9 Å². The fourth-order valence-corrected chi connectivity index (χ4v) is 4.53. The number of hydrogen-bond acceptors (Lipinski definition) is 5. The molecule has 0 aliphatic rings. The number of rotatable bonds is 10. The van der Waals surface area contributed by atoms with Crippen molar-refractivity contribution in [3.05, 3.63) is 76.5 Å². The van der Waals surface area contributed by atoms with Crippen LogP contribution in [-0.2, 0) is 16.0 Å². The quantitative estimate of drug-likeness (QED) is 0.369. The van der Waals surface area contributed by atoms with Gasteiger partial charge in [0.15, 0.2) is 0 Å². The van der Waals surface area contributed by atoms with Crippen molar-refractivity contribution >= 4 is 29.1 Å². The largest absolute Gasteiger partial charge is 0.481 e. The van der Waals surface area contributed by atoms with Gasteiger partial charge in [-0.2, -0.15) is 0 Å². The van der Waals surface area contributed by atoms with E-state index in [1.807, 2.05) is 20.8 Å². The molecule has 0 radical (unpaired) electrons. The summed E-state index contributed by atoms with van der Waals surface area (Å²) < 4.78 is 13.2. The van der Waals surface area contributed by atoms with Gasteiger partial charge in [-0.05, 0) is 63.4 Å². The smallest absolute Gasteiger partial charge is 0.306 e. The van der Waals surface area contributed by atoms with E-state index in [-0.39, 0.29) is 12.2 Å². The lowest BCUT2D eigenvalue weighted by atomic mass is 9.93. The Labute approximate surface area is 213 Å². The number of aliphatic carboxylic acids is 1. The van der Waals surface area contributed by atoms with Gasteiger partial charge in [0, 0.05) is 27.7 Å². The van der Waals surface area contributed by atoms with E-state index in [9.17, 15) is 23.9 Å². The number of carboxylic acids is 1. The van der Waals surface area contributed by atoms with Gasteiger partial charge < -0.3 is 15.7 Å². The van der Waals surface area contributed by atoms with Crippen molar-refractivity contribution in [1.29, 1.82) is 0 Å². The summed E-state index contributed by atoms with van der Waals surface area (Å²) in [6, 6.07) is 11.8. The molecule has 3 rings (SSSR count). The van der Waals surface area contributed by atoms with Crippen molar-refractivity contribution in [2.24, 2.45) is 5.92 Å². The molecule has 7 nitrogen and oxygen atoms in total. The summed E-state index contributed by atoms with van der Waals surface area (Å²) in [5.41, 5.74) is 1.33. The van der Waals surface area contributed by atoms with Gasteiger partial charge in [-0.3, -0.25) is 14.4 Å². The maximum Gasteiger partial charge on any atom is 0.306 e. The third-order valence-electron chi connectivity index (χ3n) is 5.67. The number of carboxylic acid groups (broad SMARTS) is 1. The molecule has 0 fully saturated rings. The van der Waals surface area contributed by atoms with E-state index in [4.69, 9.17) is 0 Å². The topological polar surface area (TPSA) is 108 Å². The first-order valence-electron chi connectivity index (χ1n) is 11.6. The summed E-state index contributed by atoms with van der Waals surface area (Å²) in [5, 5.41) is 15.8.